The van der Waals surface area contributed by atoms with Crippen LogP contribution in [0, 0.1) is 11.3 Å². The Labute approximate surface area is 55.2 Å². The van der Waals surface area contributed by atoms with E-state index >= 15 is 0 Å². The molecule has 9 heavy (non-hydrogen) atoms. The molecule has 1 aliphatic rings. The third-order valence-electron chi connectivity index (χ3n) is 2.43. The minimum atomic E-state index is 0.106. The van der Waals surface area contributed by atoms with Crippen molar-refractivity contribution >= 4 is 6.47 Å². The van der Waals surface area contributed by atoms with Crippen LogP contribution >= 0.6 is 0 Å². The fourth-order valence-corrected chi connectivity index (χ4v) is 1.15. The highest BCUT2D eigenvalue weighted by molar-refractivity contribution is 5.40. The summed E-state index contributed by atoms with van der Waals surface area (Å²) in [7, 11) is 0. The fourth-order valence-electron chi connectivity index (χ4n) is 1.15. The van der Waals surface area contributed by atoms with Crippen molar-refractivity contribution in [2.45, 2.75) is 26.9 Å². The second-order valence-corrected chi connectivity index (χ2v) is 3.23. The van der Waals surface area contributed by atoms with E-state index in [2.05, 4.69) is 25.5 Å². The number of hydrogen-bond acceptors (Lipinski definition) is 2. The number of rotatable bonds is 2. The van der Waals surface area contributed by atoms with Crippen LogP contribution in [0.3, 0.4) is 0 Å². The molecule has 1 aliphatic carbocycles. The zero-order chi connectivity index (χ0) is 7.07. The zero-order valence-corrected chi connectivity index (χ0v) is 5.97. The molecule has 0 spiro atoms. The van der Waals surface area contributed by atoms with Crippen molar-refractivity contribution < 1.29 is 9.53 Å². The SMILES string of the molecule is CC1C(O[C]=O)C1(C)C. The summed E-state index contributed by atoms with van der Waals surface area (Å²) in [5, 5.41) is 0. The highest BCUT2D eigenvalue weighted by Gasteiger charge is 2.57. The molecule has 0 N–H and O–H groups in total. The summed E-state index contributed by atoms with van der Waals surface area (Å²) < 4.78 is 4.67. The van der Waals surface area contributed by atoms with Crippen LogP contribution in [-0.2, 0) is 9.53 Å². The molecule has 2 atom stereocenters. The number of hydrogen-bond donors (Lipinski definition) is 0. The Bertz CT molecular complexity index is 129. The topological polar surface area (TPSA) is 26.3 Å². The molecule has 2 nitrogen and oxygen atoms in total. The number of carbonyl (C=O) groups excluding carboxylic acids is 1. The van der Waals surface area contributed by atoms with Crippen LogP contribution < -0.4 is 0 Å². The molecule has 2 heteroatoms. The van der Waals surface area contributed by atoms with Gasteiger partial charge in [-0.3, -0.25) is 0 Å². The number of ether oxygens (including phenoxy) is 1. The molecule has 1 saturated carbocycles. The van der Waals surface area contributed by atoms with E-state index in [9.17, 15) is 4.79 Å². The van der Waals surface area contributed by atoms with Gasteiger partial charge in [-0.05, 0) is 0 Å². The molecule has 0 aromatic rings. The summed E-state index contributed by atoms with van der Waals surface area (Å²) in [5.41, 5.74) is 0.192. The minimum Gasteiger partial charge on any atom is -0.453 e. The summed E-state index contributed by atoms with van der Waals surface area (Å²) in [5.74, 6) is 0.499. The zero-order valence-electron chi connectivity index (χ0n) is 5.97. The van der Waals surface area contributed by atoms with E-state index in [1.54, 1.807) is 0 Å². The van der Waals surface area contributed by atoms with Crippen LogP contribution in [0.5, 0.6) is 0 Å². The lowest BCUT2D eigenvalue weighted by Gasteiger charge is -1.96. The van der Waals surface area contributed by atoms with Gasteiger partial charge in [0.25, 0.3) is 0 Å². The smallest absolute Gasteiger partial charge is 0.417 e. The predicted octanol–water partition coefficient (Wildman–Crippen LogP) is 1.11. The monoisotopic (exact) mass is 127 g/mol. The van der Waals surface area contributed by atoms with E-state index in [1.165, 1.54) is 6.47 Å². The van der Waals surface area contributed by atoms with Gasteiger partial charge in [0.2, 0.25) is 0 Å². The van der Waals surface area contributed by atoms with E-state index in [0.29, 0.717) is 5.92 Å². The van der Waals surface area contributed by atoms with Gasteiger partial charge in [0.15, 0.2) is 0 Å². The molecule has 0 aliphatic heterocycles. The molecule has 1 radical (unpaired) electrons. The Balaban J connectivity index is 2.42. The first-order chi connectivity index (χ1) is 4.10. The molecule has 51 valence electrons. The Morgan fingerprint density at radius 3 is 2.11 bits per heavy atom. The first-order valence-corrected chi connectivity index (χ1v) is 3.13. The molecule has 0 amide bonds. The van der Waals surface area contributed by atoms with Gasteiger partial charge in [0.1, 0.15) is 6.10 Å². The second kappa shape index (κ2) is 1.72. The van der Waals surface area contributed by atoms with E-state index in [-0.39, 0.29) is 11.5 Å². The highest BCUT2D eigenvalue weighted by Crippen LogP contribution is 2.53. The molecular formula is C7H11O2. The van der Waals surface area contributed by atoms with Crippen LogP contribution in [-0.4, -0.2) is 12.6 Å². The van der Waals surface area contributed by atoms with Gasteiger partial charge in [-0.25, -0.2) is 4.79 Å². The average molecular weight is 127 g/mol. The maximum atomic E-state index is 9.74. The third-order valence-corrected chi connectivity index (χ3v) is 2.43. The minimum absolute atomic E-state index is 0.106. The first-order valence-electron chi connectivity index (χ1n) is 3.13. The van der Waals surface area contributed by atoms with E-state index in [4.69, 9.17) is 0 Å². The Kier molecular flexibility index (Phi) is 1.26. The maximum absolute atomic E-state index is 9.74. The van der Waals surface area contributed by atoms with Gasteiger partial charge in [0, 0.05) is 11.3 Å². The van der Waals surface area contributed by atoms with Crippen molar-refractivity contribution in [1.82, 2.24) is 0 Å². The fraction of sp³-hybridized carbons (Fsp3) is 0.857. The normalized spacial score (nSPS) is 37.7. The van der Waals surface area contributed by atoms with Crippen molar-refractivity contribution in [3.63, 3.8) is 0 Å². The van der Waals surface area contributed by atoms with Crippen molar-refractivity contribution in [2.75, 3.05) is 0 Å². The predicted molar refractivity (Wildman–Crippen MR) is 33.5 cm³/mol. The molecule has 0 heterocycles. The Morgan fingerprint density at radius 2 is 2.00 bits per heavy atom. The molecule has 0 aromatic heterocycles. The summed E-state index contributed by atoms with van der Waals surface area (Å²) in [6.07, 6.45) is 0.106. The molecule has 1 rings (SSSR count). The van der Waals surface area contributed by atoms with Crippen molar-refractivity contribution in [3.8, 4) is 0 Å². The molecule has 0 bridgehead atoms. The third kappa shape index (κ3) is 0.824. The van der Waals surface area contributed by atoms with E-state index in [0.717, 1.165) is 0 Å². The quantitative estimate of drug-likeness (QED) is 0.555. The lowest BCUT2D eigenvalue weighted by atomic mass is 10.1. The van der Waals surface area contributed by atoms with Crippen LogP contribution in [0.4, 0.5) is 0 Å². The summed E-state index contributed by atoms with van der Waals surface area (Å²) >= 11 is 0. The summed E-state index contributed by atoms with van der Waals surface area (Å²) in [4.78, 5) is 9.74. The van der Waals surface area contributed by atoms with Gasteiger partial charge in [-0.2, -0.15) is 0 Å². The summed E-state index contributed by atoms with van der Waals surface area (Å²) in [6.45, 7) is 7.70. The molecule has 1 fully saturated rings. The lowest BCUT2D eigenvalue weighted by molar-refractivity contribution is 0.225. The standard InChI is InChI=1S/C7H11O2/c1-5-6(9-4-8)7(5,2)3/h5-6H,1-3H3. The second-order valence-electron chi connectivity index (χ2n) is 3.23. The first kappa shape index (κ1) is 6.59. The van der Waals surface area contributed by atoms with Crippen LogP contribution in [0.1, 0.15) is 20.8 Å². The largest absolute Gasteiger partial charge is 0.453 e. The van der Waals surface area contributed by atoms with Crippen LogP contribution in [0.15, 0.2) is 0 Å². The highest BCUT2D eigenvalue weighted by atomic mass is 16.5. The van der Waals surface area contributed by atoms with Gasteiger partial charge >= 0.3 is 6.47 Å². The van der Waals surface area contributed by atoms with Crippen LogP contribution in [0.2, 0.25) is 0 Å². The molecular weight excluding hydrogens is 116 g/mol. The van der Waals surface area contributed by atoms with Gasteiger partial charge in [-0.15, -0.1) is 0 Å². The van der Waals surface area contributed by atoms with Gasteiger partial charge < -0.3 is 4.74 Å². The van der Waals surface area contributed by atoms with Crippen molar-refractivity contribution in [2.24, 2.45) is 11.3 Å². The molecule has 0 aromatic carbocycles. The van der Waals surface area contributed by atoms with Crippen LogP contribution in [0.25, 0.3) is 0 Å². The van der Waals surface area contributed by atoms with Crippen molar-refractivity contribution in [1.29, 1.82) is 0 Å². The maximum Gasteiger partial charge on any atom is 0.417 e. The summed E-state index contributed by atoms with van der Waals surface area (Å²) in [6, 6.07) is 0. The van der Waals surface area contributed by atoms with Crippen molar-refractivity contribution in [3.05, 3.63) is 0 Å². The average Bonchev–Trinajstić information content (AvgIpc) is 2.19. The van der Waals surface area contributed by atoms with Gasteiger partial charge in [0.05, 0.1) is 0 Å². The van der Waals surface area contributed by atoms with E-state index in [1.807, 2.05) is 0 Å². The Morgan fingerprint density at radius 1 is 1.56 bits per heavy atom. The molecule has 0 saturated heterocycles. The lowest BCUT2D eigenvalue weighted by Crippen LogP contribution is -1.98. The Hall–Kier alpha value is -0.530. The van der Waals surface area contributed by atoms with E-state index < -0.39 is 0 Å². The van der Waals surface area contributed by atoms with Gasteiger partial charge in [-0.1, -0.05) is 20.8 Å². The molecule has 2 unspecified atom stereocenters.